The predicted octanol–water partition coefficient (Wildman–Crippen LogP) is 4.56. The first-order valence-electron chi connectivity index (χ1n) is 7.29. The number of nitrogens with one attached hydrogen (secondary N) is 1. The van der Waals surface area contributed by atoms with Crippen molar-refractivity contribution >= 4 is 11.3 Å². The van der Waals surface area contributed by atoms with E-state index in [9.17, 15) is 0 Å². The molecule has 2 nitrogen and oxygen atoms in total. The molecule has 0 radical (unpaired) electrons. The Labute approximate surface area is 128 Å². The van der Waals surface area contributed by atoms with E-state index in [0.29, 0.717) is 0 Å². The molecule has 0 amide bonds. The van der Waals surface area contributed by atoms with Crippen LogP contribution in [0.15, 0.2) is 18.0 Å². The molecule has 1 atom stereocenters. The predicted molar refractivity (Wildman–Crippen MR) is 90.6 cm³/mol. The highest BCUT2D eigenvalue weighted by Gasteiger charge is 2.26. The Morgan fingerprint density at radius 1 is 1.20 bits per heavy atom. The van der Waals surface area contributed by atoms with Crippen LogP contribution in [-0.4, -0.2) is 17.1 Å². The Morgan fingerprint density at radius 2 is 1.80 bits per heavy atom. The summed E-state index contributed by atoms with van der Waals surface area (Å²) < 4.78 is 0. The molecule has 3 heteroatoms. The third kappa shape index (κ3) is 5.37. The summed E-state index contributed by atoms with van der Waals surface area (Å²) in [5, 5.41) is 6.97. The van der Waals surface area contributed by atoms with Crippen LogP contribution >= 0.6 is 11.3 Å². The quantitative estimate of drug-likeness (QED) is 0.805. The number of hydrogen-bond donors (Lipinski definition) is 1. The van der Waals surface area contributed by atoms with Gasteiger partial charge >= 0.3 is 0 Å². The molecule has 0 fully saturated rings. The Morgan fingerprint density at radius 3 is 2.20 bits per heavy atom. The van der Waals surface area contributed by atoms with Crippen LogP contribution in [0.1, 0.15) is 59.2 Å². The maximum Gasteiger partial charge on any atom is 0.0937 e. The standard InChI is InChI=1S/C17H30N2S/c1-9-17(8,12-18-16(5,6)7)10-14-19-13(11-20-14)15(2,3)4/h9,11,18H,1,10,12H2,2-8H3. The molecule has 114 valence electrons. The van der Waals surface area contributed by atoms with E-state index in [-0.39, 0.29) is 16.4 Å². The van der Waals surface area contributed by atoms with Crippen LogP contribution in [0.5, 0.6) is 0 Å². The molecule has 1 aromatic rings. The second kappa shape index (κ2) is 5.98. The Kier molecular flexibility index (Phi) is 5.20. The van der Waals surface area contributed by atoms with Crippen molar-refractivity contribution in [1.82, 2.24) is 10.3 Å². The van der Waals surface area contributed by atoms with Crippen LogP contribution < -0.4 is 5.32 Å². The molecule has 0 aliphatic rings. The smallest absolute Gasteiger partial charge is 0.0937 e. The molecule has 0 aliphatic carbocycles. The first-order chi connectivity index (χ1) is 8.95. The average Bonchev–Trinajstić information content (AvgIpc) is 2.74. The van der Waals surface area contributed by atoms with E-state index in [0.717, 1.165) is 13.0 Å². The van der Waals surface area contributed by atoms with Gasteiger partial charge in [-0.15, -0.1) is 17.9 Å². The minimum Gasteiger partial charge on any atom is -0.311 e. The molecular formula is C17H30N2S. The van der Waals surface area contributed by atoms with Gasteiger partial charge in [0.05, 0.1) is 10.7 Å². The van der Waals surface area contributed by atoms with Gasteiger partial charge < -0.3 is 5.32 Å². The molecule has 0 saturated heterocycles. The van der Waals surface area contributed by atoms with Crippen molar-refractivity contribution in [2.24, 2.45) is 5.41 Å². The van der Waals surface area contributed by atoms with Gasteiger partial charge in [-0.05, 0) is 20.8 Å². The Balaban J connectivity index is 2.77. The van der Waals surface area contributed by atoms with Crippen LogP contribution in [-0.2, 0) is 11.8 Å². The molecule has 1 aromatic heterocycles. The molecule has 0 aromatic carbocycles. The topological polar surface area (TPSA) is 24.9 Å². The van der Waals surface area contributed by atoms with Gasteiger partial charge in [0.1, 0.15) is 0 Å². The largest absolute Gasteiger partial charge is 0.311 e. The zero-order chi connectivity index (χ0) is 15.6. The maximum absolute atomic E-state index is 4.80. The monoisotopic (exact) mass is 294 g/mol. The molecule has 0 spiro atoms. The molecule has 0 saturated carbocycles. The van der Waals surface area contributed by atoms with Gasteiger partial charge in [-0.2, -0.15) is 0 Å². The summed E-state index contributed by atoms with van der Waals surface area (Å²) >= 11 is 1.77. The van der Waals surface area contributed by atoms with Crippen molar-refractivity contribution in [3.05, 3.63) is 28.7 Å². The first-order valence-corrected chi connectivity index (χ1v) is 8.17. The number of rotatable bonds is 5. The van der Waals surface area contributed by atoms with Crippen LogP contribution in [0.25, 0.3) is 0 Å². The second-order valence-electron chi connectivity index (χ2n) is 8.01. The molecule has 0 bridgehead atoms. The Bertz CT molecular complexity index is 448. The lowest BCUT2D eigenvalue weighted by Crippen LogP contribution is -2.43. The van der Waals surface area contributed by atoms with Gasteiger partial charge in [0.15, 0.2) is 0 Å². The number of thiazole rings is 1. The van der Waals surface area contributed by atoms with Crippen molar-refractivity contribution in [3.8, 4) is 0 Å². The van der Waals surface area contributed by atoms with Gasteiger partial charge in [-0.1, -0.05) is 33.8 Å². The van der Waals surface area contributed by atoms with Gasteiger partial charge in [-0.3, -0.25) is 0 Å². The van der Waals surface area contributed by atoms with Crippen LogP contribution in [0.2, 0.25) is 0 Å². The highest BCUT2D eigenvalue weighted by atomic mass is 32.1. The van der Waals surface area contributed by atoms with E-state index in [2.05, 4.69) is 71.8 Å². The summed E-state index contributed by atoms with van der Waals surface area (Å²) in [7, 11) is 0. The lowest BCUT2D eigenvalue weighted by atomic mass is 9.86. The third-order valence-electron chi connectivity index (χ3n) is 3.39. The number of aromatic nitrogens is 1. The minimum absolute atomic E-state index is 0.0420. The van der Waals surface area contributed by atoms with Gasteiger partial charge in [0.2, 0.25) is 0 Å². The van der Waals surface area contributed by atoms with Crippen molar-refractivity contribution in [2.75, 3.05) is 6.54 Å². The van der Waals surface area contributed by atoms with Crippen LogP contribution in [0.3, 0.4) is 0 Å². The molecule has 1 rings (SSSR count). The van der Waals surface area contributed by atoms with Crippen molar-refractivity contribution in [3.63, 3.8) is 0 Å². The SMILES string of the molecule is C=CC(C)(CNC(C)(C)C)Cc1nc(C(C)(C)C)cs1. The van der Waals surface area contributed by atoms with Gasteiger partial charge in [-0.25, -0.2) is 4.98 Å². The lowest BCUT2D eigenvalue weighted by molar-refractivity contribution is 0.322. The van der Waals surface area contributed by atoms with Crippen LogP contribution in [0, 0.1) is 5.41 Å². The van der Waals surface area contributed by atoms with E-state index in [1.54, 1.807) is 11.3 Å². The number of hydrogen-bond acceptors (Lipinski definition) is 3. The maximum atomic E-state index is 4.80. The molecule has 20 heavy (non-hydrogen) atoms. The van der Waals surface area contributed by atoms with Gasteiger partial charge in [0, 0.05) is 34.7 Å². The Hall–Kier alpha value is -0.670. The summed E-state index contributed by atoms with van der Waals surface area (Å²) in [6, 6.07) is 0. The third-order valence-corrected chi connectivity index (χ3v) is 4.24. The summed E-state index contributed by atoms with van der Waals surface area (Å²) in [5.74, 6) is 0. The fourth-order valence-corrected chi connectivity index (χ4v) is 2.97. The highest BCUT2D eigenvalue weighted by molar-refractivity contribution is 7.09. The summed E-state index contributed by atoms with van der Waals surface area (Å²) in [5.41, 5.74) is 1.49. The number of nitrogens with zero attached hydrogens (tertiary/aromatic N) is 1. The molecule has 1 heterocycles. The van der Waals surface area contributed by atoms with E-state index in [1.807, 2.05) is 0 Å². The van der Waals surface area contributed by atoms with Gasteiger partial charge in [0.25, 0.3) is 0 Å². The summed E-state index contributed by atoms with van der Waals surface area (Å²) in [6.07, 6.45) is 3.00. The molecule has 1 unspecified atom stereocenters. The highest BCUT2D eigenvalue weighted by Crippen LogP contribution is 2.29. The van der Waals surface area contributed by atoms with E-state index in [4.69, 9.17) is 4.98 Å². The van der Waals surface area contributed by atoms with E-state index < -0.39 is 0 Å². The normalized spacial score (nSPS) is 15.9. The van der Waals surface area contributed by atoms with E-state index >= 15 is 0 Å². The molecule has 1 N–H and O–H groups in total. The van der Waals surface area contributed by atoms with Crippen molar-refractivity contribution in [1.29, 1.82) is 0 Å². The molecule has 0 aliphatic heterocycles. The van der Waals surface area contributed by atoms with E-state index in [1.165, 1.54) is 10.7 Å². The van der Waals surface area contributed by atoms with Crippen molar-refractivity contribution in [2.45, 2.75) is 65.8 Å². The fourth-order valence-electron chi connectivity index (χ4n) is 1.76. The average molecular weight is 295 g/mol. The summed E-state index contributed by atoms with van der Waals surface area (Å²) in [4.78, 5) is 4.80. The van der Waals surface area contributed by atoms with Crippen LogP contribution in [0.4, 0.5) is 0 Å². The fraction of sp³-hybridized carbons (Fsp3) is 0.706. The van der Waals surface area contributed by atoms with Crippen molar-refractivity contribution < 1.29 is 0 Å². The second-order valence-corrected chi connectivity index (χ2v) is 8.96. The summed E-state index contributed by atoms with van der Waals surface area (Å²) in [6.45, 7) is 20.4. The first kappa shape index (κ1) is 17.4. The zero-order valence-electron chi connectivity index (χ0n) is 14.1. The zero-order valence-corrected chi connectivity index (χ0v) is 14.9. The minimum atomic E-state index is 0.0420. The lowest BCUT2D eigenvalue weighted by Gasteiger charge is -2.30. The molecular weight excluding hydrogens is 264 g/mol.